The van der Waals surface area contributed by atoms with Crippen LogP contribution in [0.2, 0.25) is 0 Å². The number of nitrogens with zero attached hydrogens (tertiary/aromatic N) is 4. The zero-order valence-electron chi connectivity index (χ0n) is 14.1. The van der Waals surface area contributed by atoms with Crippen molar-refractivity contribution in [3.63, 3.8) is 0 Å². The fourth-order valence-electron chi connectivity index (χ4n) is 2.47. The first-order chi connectivity index (χ1) is 11.8. The van der Waals surface area contributed by atoms with Gasteiger partial charge in [-0.2, -0.15) is 4.98 Å². The summed E-state index contributed by atoms with van der Waals surface area (Å²) in [5.74, 6) is 2.09. The van der Waals surface area contributed by atoms with Crippen molar-refractivity contribution in [1.29, 1.82) is 0 Å². The molecule has 0 N–H and O–H groups in total. The number of thioether (sulfide) groups is 1. The number of hydrogen-bond acceptors (Lipinski definition) is 6. The van der Waals surface area contributed by atoms with Gasteiger partial charge in [-0.15, -0.1) is 0 Å². The summed E-state index contributed by atoms with van der Waals surface area (Å²) in [6.07, 6.45) is 3.04. The molecule has 0 fully saturated rings. The molecule has 3 aromatic rings. The first-order valence-electron chi connectivity index (χ1n) is 8.20. The van der Waals surface area contributed by atoms with E-state index >= 15 is 0 Å². The molecule has 0 bridgehead atoms. The van der Waals surface area contributed by atoms with Gasteiger partial charge < -0.3 is 13.8 Å². The molecule has 7 heteroatoms. The molecular weight excluding hydrogens is 324 g/mol. The minimum Gasteiger partial charge on any atom is -0.383 e. The van der Waals surface area contributed by atoms with Crippen molar-refractivity contribution in [2.45, 2.75) is 43.6 Å². The molecule has 1 aromatic carbocycles. The second kappa shape index (κ2) is 8.30. The van der Waals surface area contributed by atoms with Crippen LogP contribution in [0.15, 0.2) is 33.9 Å². The van der Waals surface area contributed by atoms with Gasteiger partial charge in [0.1, 0.15) is 0 Å². The van der Waals surface area contributed by atoms with E-state index in [-0.39, 0.29) is 0 Å². The topological polar surface area (TPSA) is 66.0 Å². The summed E-state index contributed by atoms with van der Waals surface area (Å²) in [5.41, 5.74) is 2.11. The fourth-order valence-corrected chi connectivity index (χ4v) is 3.35. The van der Waals surface area contributed by atoms with Crippen molar-refractivity contribution >= 4 is 22.8 Å². The summed E-state index contributed by atoms with van der Waals surface area (Å²) in [6.45, 7) is 3.57. The van der Waals surface area contributed by atoms with E-state index in [2.05, 4.69) is 27.7 Å². The van der Waals surface area contributed by atoms with Crippen LogP contribution >= 0.6 is 11.8 Å². The van der Waals surface area contributed by atoms with Crippen LogP contribution in [0.3, 0.4) is 0 Å². The van der Waals surface area contributed by atoms with Crippen LogP contribution in [0.4, 0.5) is 0 Å². The highest BCUT2D eigenvalue weighted by Crippen LogP contribution is 2.26. The number of aromatic nitrogens is 4. The average Bonchev–Trinajstić information content (AvgIpc) is 3.20. The van der Waals surface area contributed by atoms with Gasteiger partial charge in [-0.25, -0.2) is 4.98 Å². The van der Waals surface area contributed by atoms with E-state index < -0.39 is 0 Å². The first-order valence-corrected chi connectivity index (χ1v) is 9.19. The Morgan fingerprint density at radius 3 is 2.96 bits per heavy atom. The van der Waals surface area contributed by atoms with Gasteiger partial charge >= 0.3 is 0 Å². The third kappa shape index (κ3) is 3.96. The van der Waals surface area contributed by atoms with Crippen LogP contribution in [0.1, 0.15) is 31.5 Å². The number of fused-ring (bicyclic) bond motifs is 1. The molecule has 0 atom stereocenters. The van der Waals surface area contributed by atoms with Crippen LogP contribution in [0.25, 0.3) is 11.0 Å². The van der Waals surface area contributed by atoms with Gasteiger partial charge in [0.2, 0.25) is 5.89 Å². The Morgan fingerprint density at radius 1 is 1.25 bits per heavy atom. The predicted octanol–water partition coefficient (Wildman–Crippen LogP) is 3.70. The molecular formula is C17H22N4O2S. The quantitative estimate of drug-likeness (QED) is 0.550. The summed E-state index contributed by atoms with van der Waals surface area (Å²) in [6, 6.07) is 8.14. The van der Waals surface area contributed by atoms with Crippen LogP contribution in [-0.4, -0.2) is 33.4 Å². The van der Waals surface area contributed by atoms with Crippen molar-refractivity contribution in [2.24, 2.45) is 0 Å². The van der Waals surface area contributed by atoms with Crippen molar-refractivity contribution in [1.82, 2.24) is 19.7 Å². The Balaban J connectivity index is 1.73. The Morgan fingerprint density at radius 2 is 2.12 bits per heavy atom. The summed E-state index contributed by atoms with van der Waals surface area (Å²) in [5, 5.41) is 5.01. The van der Waals surface area contributed by atoms with Gasteiger partial charge in [-0.3, -0.25) is 0 Å². The Kier molecular flexibility index (Phi) is 5.87. The number of para-hydroxylation sites is 2. The number of imidazole rings is 1. The lowest BCUT2D eigenvalue weighted by atomic mass is 10.2. The molecule has 6 nitrogen and oxygen atoms in total. The van der Waals surface area contributed by atoms with Crippen molar-refractivity contribution in [2.75, 3.05) is 13.7 Å². The van der Waals surface area contributed by atoms with E-state index in [0.717, 1.165) is 53.7 Å². The van der Waals surface area contributed by atoms with Gasteiger partial charge in [0.25, 0.3) is 0 Å². The number of aryl methyl sites for hydroxylation is 1. The van der Waals surface area contributed by atoms with Gasteiger partial charge in [0.15, 0.2) is 11.0 Å². The zero-order chi connectivity index (χ0) is 16.8. The lowest BCUT2D eigenvalue weighted by molar-refractivity contribution is 0.186. The van der Waals surface area contributed by atoms with Gasteiger partial charge in [0, 0.05) is 20.1 Å². The molecule has 128 valence electrons. The highest BCUT2D eigenvalue weighted by molar-refractivity contribution is 7.98. The van der Waals surface area contributed by atoms with Crippen molar-refractivity contribution < 1.29 is 9.26 Å². The van der Waals surface area contributed by atoms with Gasteiger partial charge in [0.05, 0.1) is 23.4 Å². The summed E-state index contributed by atoms with van der Waals surface area (Å²) < 4.78 is 12.7. The van der Waals surface area contributed by atoms with E-state index in [1.165, 1.54) is 0 Å². The van der Waals surface area contributed by atoms with Crippen LogP contribution < -0.4 is 0 Å². The molecule has 0 saturated carbocycles. The van der Waals surface area contributed by atoms with Crippen molar-refractivity contribution in [3.05, 3.63) is 36.0 Å². The first kappa shape index (κ1) is 17.0. The lowest BCUT2D eigenvalue weighted by Gasteiger charge is -2.07. The number of unbranched alkanes of at least 4 members (excludes halogenated alkanes) is 1. The SMILES string of the molecule is CCCCc1nc(CSc2nc3ccccc3n2CCOC)no1. The van der Waals surface area contributed by atoms with Crippen LogP contribution in [0, 0.1) is 0 Å². The smallest absolute Gasteiger partial charge is 0.226 e. The summed E-state index contributed by atoms with van der Waals surface area (Å²) in [4.78, 5) is 9.17. The Hall–Kier alpha value is -1.86. The molecule has 0 aliphatic rings. The minimum absolute atomic E-state index is 0.645. The fraction of sp³-hybridized carbons (Fsp3) is 0.471. The van der Waals surface area contributed by atoms with Gasteiger partial charge in [-0.1, -0.05) is 42.4 Å². The molecule has 2 heterocycles. The Bertz CT molecular complexity index is 784. The number of ether oxygens (including phenoxy) is 1. The lowest BCUT2D eigenvalue weighted by Crippen LogP contribution is -2.05. The second-order valence-electron chi connectivity index (χ2n) is 5.52. The highest BCUT2D eigenvalue weighted by Gasteiger charge is 2.13. The maximum Gasteiger partial charge on any atom is 0.226 e. The van der Waals surface area contributed by atoms with Gasteiger partial charge in [-0.05, 0) is 18.6 Å². The third-order valence-electron chi connectivity index (χ3n) is 3.72. The van der Waals surface area contributed by atoms with E-state index in [9.17, 15) is 0 Å². The second-order valence-corrected chi connectivity index (χ2v) is 6.47. The monoisotopic (exact) mass is 346 g/mol. The number of rotatable bonds is 9. The molecule has 0 aliphatic heterocycles. The van der Waals surface area contributed by atoms with E-state index in [1.54, 1.807) is 18.9 Å². The molecule has 0 spiro atoms. The van der Waals surface area contributed by atoms with E-state index in [4.69, 9.17) is 14.2 Å². The maximum atomic E-state index is 5.29. The molecule has 24 heavy (non-hydrogen) atoms. The number of hydrogen-bond donors (Lipinski definition) is 0. The molecule has 0 amide bonds. The zero-order valence-corrected chi connectivity index (χ0v) is 14.9. The summed E-state index contributed by atoms with van der Waals surface area (Å²) in [7, 11) is 1.71. The van der Waals surface area contributed by atoms with Crippen molar-refractivity contribution in [3.8, 4) is 0 Å². The van der Waals surface area contributed by atoms with Crippen LogP contribution in [0.5, 0.6) is 0 Å². The highest BCUT2D eigenvalue weighted by atomic mass is 32.2. The van der Waals surface area contributed by atoms with Crippen LogP contribution in [-0.2, 0) is 23.5 Å². The van der Waals surface area contributed by atoms with E-state index in [0.29, 0.717) is 12.4 Å². The minimum atomic E-state index is 0.645. The maximum absolute atomic E-state index is 5.29. The predicted molar refractivity (Wildman–Crippen MR) is 94.1 cm³/mol. The standard InChI is InChI=1S/C17H22N4O2S/c1-3-4-9-16-19-15(20-23-16)12-24-17-18-13-7-5-6-8-14(13)21(17)10-11-22-2/h5-8H,3-4,9-12H2,1-2H3. The molecule has 0 radical (unpaired) electrons. The number of benzene rings is 1. The third-order valence-corrected chi connectivity index (χ3v) is 4.70. The largest absolute Gasteiger partial charge is 0.383 e. The Labute approximate surface area is 145 Å². The normalized spacial score (nSPS) is 11.4. The van der Waals surface area contributed by atoms with E-state index in [1.807, 2.05) is 18.2 Å². The molecule has 0 unspecified atom stereocenters. The molecule has 0 saturated heterocycles. The molecule has 2 aromatic heterocycles. The molecule has 3 rings (SSSR count). The molecule has 0 aliphatic carbocycles. The summed E-state index contributed by atoms with van der Waals surface area (Å²) >= 11 is 1.62. The average molecular weight is 346 g/mol. The number of methoxy groups -OCH3 is 1.